The summed E-state index contributed by atoms with van der Waals surface area (Å²) in [5.74, 6) is -0.0526. The second-order valence-electron chi connectivity index (χ2n) is 4.34. The Morgan fingerprint density at radius 2 is 1.65 bits per heavy atom. The SMILES string of the molecule is CS(=O)(=O)CCC(CO)(CO)c1ccccc1. The summed E-state index contributed by atoms with van der Waals surface area (Å²) in [6.07, 6.45) is 1.36. The van der Waals surface area contributed by atoms with E-state index in [1.807, 2.05) is 6.07 Å². The molecule has 4 nitrogen and oxygen atoms in total. The van der Waals surface area contributed by atoms with Gasteiger partial charge in [-0.15, -0.1) is 0 Å². The quantitative estimate of drug-likeness (QED) is 0.772. The first-order valence-corrected chi connectivity index (χ1v) is 7.44. The van der Waals surface area contributed by atoms with Crippen molar-refractivity contribution in [2.45, 2.75) is 11.8 Å². The van der Waals surface area contributed by atoms with Crippen LogP contribution in [0.25, 0.3) is 0 Å². The Hall–Kier alpha value is -0.910. The molecule has 0 aliphatic carbocycles. The maximum atomic E-state index is 11.2. The van der Waals surface area contributed by atoms with Crippen LogP contribution in [0.1, 0.15) is 12.0 Å². The molecule has 0 bridgehead atoms. The van der Waals surface area contributed by atoms with E-state index in [1.165, 1.54) is 0 Å². The molecule has 0 radical (unpaired) electrons. The van der Waals surface area contributed by atoms with Crippen LogP contribution in [0, 0.1) is 0 Å². The molecule has 0 aliphatic rings. The molecule has 0 unspecified atom stereocenters. The van der Waals surface area contributed by atoms with Gasteiger partial charge in [0.1, 0.15) is 9.84 Å². The Morgan fingerprint density at radius 3 is 2.06 bits per heavy atom. The Bertz CT molecular complexity index is 435. The molecular weight excluding hydrogens is 240 g/mol. The van der Waals surface area contributed by atoms with Crippen molar-refractivity contribution in [2.24, 2.45) is 0 Å². The summed E-state index contributed by atoms with van der Waals surface area (Å²) >= 11 is 0. The minimum absolute atomic E-state index is 0.0526. The first-order chi connectivity index (χ1) is 7.93. The fourth-order valence-electron chi connectivity index (χ4n) is 1.71. The van der Waals surface area contributed by atoms with Gasteiger partial charge in [-0.2, -0.15) is 0 Å². The molecule has 0 spiro atoms. The molecule has 1 aromatic rings. The van der Waals surface area contributed by atoms with Crippen LogP contribution in [-0.4, -0.2) is 43.9 Å². The molecule has 0 atom stereocenters. The average molecular weight is 258 g/mol. The zero-order valence-electron chi connectivity index (χ0n) is 9.83. The van der Waals surface area contributed by atoms with Crippen molar-refractivity contribution in [2.75, 3.05) is 25.2 Å². The van der Waals surface area contributed by atoms with Gasteiger partial charge in [0, 0.05) is 11.7 Å². The Morgan fingerprint density at radius 1 is 1.12 bits per heavy atom. The fourth-order valence-corrected chi connectivity index (χ4v) is 2.47. The van der Waals surface area contributed by atoms with Crippen LogP contribution in [0.2, 0.25) is 0 Å². The van der Waals surface area contributed by atoms with Crippen LogP contribution in [0.4, 0.5) is 0 Å². The number of hydrogen-bond acceptors (Lipinski definition) is 4. The number of aliphatic hydroxyl groups is 2. The number of sulfone groups is 1. The average Bonchev–Trinajstić information content (AvgIpc) is 2.31. The van der Waals surface area contributed by atoms with Crippen molar-refractivity contribution >= 4 is 9.84 Å². The third kappa shape index (κ3) is 3.80. The third-order valence-corrected chi connectivity index (χ3v) is 3.89. The van der Waals surface area contributed by atoms with Crippen LogP contribution in [-0.2, 0) is 15.3 Å². The van der Waals surface area contributed by atoms with Crippen molar-refractivity contribution in [3.8, 4) is 0 Å². The van der Waals surface area contributed by atoms with E-state index in [0.717, 1.165) is 11.8 Å². The van der Waals surface area contributed by atoms with Crippen LogP contribution in [0.3, 0.4) is 0 Å². The summed E-state index contributed by atoms with van der Waals surface area (Å²) in [7, 11) is -3.11. The summed E-state index contributed by atoms with van der Waals surface area (Å²) in [6, 6.07) is 9.01. The summed E-state index contributed by atoms with van der Waals surface area (Å²) in [5, 5.41) is 18.9. The molecule has 17 heavy (non-hydrogen) atoms. The number of hydrogen-bond donors (Lipinski definition) is 2. The van der Waals surface area contributed by atoms with Gasteiger partial charge in [0.25, 0.3) is 0 Å². The van der Waals surface area contributed by atoms with Crippen molar-refractivity contribution in [1.29, 1.82) is 0 Å². The molecule has 1 rings (SSSR count). The zero-order valence-corrected chi connectivity index (χ0v) is 10.7. The van der Waals surface area contributed by atoms with Crippen molar-refractivity contribution in [3.63, 3.8) is 0 Å². The van der Waals surface area contributed by atoms with Gasteiger partial charge < -0.3 is 10.2 Å². The Kier molecular flexibility index (Phi) is 4.68. The maximum Gasteiger partial charge on any atom is 0.147 e. The van der Waals surface area contributed by atoms with E-state index in [0.29, 0.717) is 0 Å². The van der Waals surface area contributed by atoms with Gasteiger partial charge in [0.2, 0.25) is 0 Å². The van der Waals surface area contributed by atoms with Gasteiger partial charge in [-0.3, -0.25) is 0 Å². The lowest BCUT2D eigenvalue weighted by molar-refractivity contribution is 0.114. The second kappa shape index (κ2) is 5.62. The highest BCUT2D eigenvalue weighted by Gasteiger charge is 2.31. The molecule has 0 saturated heterocycles. The van der Waals surface area contributed by atoms with Gasteiger partial charge >= 0.3 is 0 Å². The van der Waals surface area contributed by atoms with Crippen molar-refractivity contribution < 1.29 is 18.6 Å². The first kappa shape index (κ1) is 14.2. The molecule has 2 N–H and O–H groups in total. The van der Waals surface area contributed by atoms with Gasteiger partial charge in [-0.1, -0.05) is 30.3 Å². The molecule has 0 saturated carbocycles. The largest absolute Gasteiger partial charge is 0.395 e. The molecule has 96 valence electrons. The van der Waals surface area contributed by atoms with Crippen LogP contribution in [0.5, 0.6) is 0 Å². The number of benzene rings is 1. The Balaban J connectivity index is 2.98. The predicted molar refractivity (Wildman–Crippen MR) is 66.6 cm³/mol. The number of rotatable bonds is 6. The predicted octanol–water partition coefficient (Wildman–Crippen LogP) is 0.344. The van der Waals surface area contributed by atoms with E-state index in [1.54, 1.807) is 24.3 Å². The van der Waals surface area contributed by atoms with Crippen molar-refractivity contribution in [3.05, 3.63) is 35.9 Å². The van der Waals surface area contributed by atoms with E-state index in [2.05, 4.69) is 0 Å². The highest BCUT2D eigenvalue weighted by molar-refractivity contribution is 7.90. The Labute approximate surface area is 102 Å². The first-order valence-electron chi connectivity index (χ1n) is 5.38. The van der Waals surface area contributed by atoms with Gasteiger partial charge in [0.15, 0.2) is 0 Å². The van der Waals surface area contributed by atoms with E-state index in [4.69, 9.17) is 0 Å². The monoisotopic (exact) mass is 258 g/mol. The van der Waals surface area contributed by atoms with Gasteiger partial charge in [0.05, 0.1) is 19.0 Å². The zero-order chi connectivity index (χ0) is 12.9. The van der Waals surface area contributed by atoms with Crippen LogP contribution < -0.4 is 0 Å². The highest BCUT2D eigenvalue weighted by Crippen LogP contribution is 2.27. The van der Waals surface area contributed by atoms with E-state index < -0.39 is 15.3 Å². The smallest absolute Gasteiger partial charge is 0.147 e. The topological polar surface area (TPSA) is 74.6 Å². The molecule has 0 heterocycles. The van der Waals surface area contributed by atoms with E-state index >= 15 is 0 Å². The molecule has 0 aliphatic heterocycles. The van der Waals surface area contributed by atoms with Crippen LogP contribution in [0.15, 0.2) is 30.3 Å². The maximum absolute atomic E-state index is 11.2. The summed E-state index contributed by atoms with van der Waals surface area (Å²) in [5.41, 5.74) is -0.127. The lowest BCUT2D eigenvalue weighted by Crippen LogP contribution is -2.36. The second-order valence-corrected chi connectivity index (χ2v) is 6.60. The standard InChI is InChI=1S/C12H18O4S/c1-17(15,16)8-7-12(9-13,10-14)11-5-3-2-4-6-11/h2-6,13-14H,7-10H2,1H3. The summed E-state index contributed by atoms with van der Waals surface area (Å²) < 4.78 is 22.4. The van der Waals surface area contributed by atoms with Gasteiger partial charge in [-0.25, -0.2) is 8.42 Å². The summed E-state index contributed by atoms with van der Waals surface area (Å²) in [4.78, 5) is 0. The lowest BCUT2D eigenvalue weighted by Gasteiger charge is -2.30. The minimum Gasteiger partial charge on any atom is -0.395 e. The molecule has 1 aromatic carbocycles. The lowest BCUT2D eigenvalue weighted by atomic mass is 9.79. The molecule has 0 aromatic heterocycles. The van der Waals surface area contributed by atoms with Gasteiger partial charge in [-0.05, 0) is 12.0 Å². The molecule has 0 amide bonds. The van der Waals surface area contributed by atoms with E-state index in [9.17, 15) is 18.6 Å². The highest BCUT2D eigenvalue weighted by atomic mass is 32.2. The fraction of sp³-hybridized carbons (Fsp3) is 0.500. The molecule has 0 fully saturated rings. The molecule has 5 heteroatoms. The summed E-state index contributed by atoms with van der Waals surface area (Å²) in [6.45, 7) is -0.550. The van der Waals surface area contributed by atoms with Crippen LogP contribution >= 0.6 is 0 Å². The molecular formula is C12H18O4S. The van der Waals surface area contributed by atoms with E-state index in [-0.39, 0.29) is 25.4 Å². The minimum atomic E-state index is -3.11. The third-order valence-electron chi connectivity index (χ3n) is 2.94. The van der Waals surface area contributed by atoms with Crippen molar-refractivity contribution in [1.82, 2.24) is 0 Å². The number of aliphatic hydroxyl groups excluding tert-OH is 2. The normalized spacial score (nSPS) is 12.6.